The molecule has 8 heteroatoms. The highest BCUT2D eigenvalue weighted by Gasteiger charge is 2.21. The molecule has 0 bridgehead atoms. The fourth-order valence-electron chi connectivity index (χ4n) is 3.60. The number of amides is 2. The van der Waals surface area contributed by atoms with Gasteiger partial charge in [-0.1, -0.05) is 38.5 Å². The van der Waals surface area contributed by atoms with E-state index in [0.29, 0.717) is 0 Å². The maximum Gasteiger partial charge on any atom is 0.305 e. The molecular weight excluding hydrogens is 364 g/mol. The van der Waals surface area contributed by atoms with E-state index in [-0.39, 0.29) is 49.6 Å². The first-order valence-electron chi connectivity index (χ1n) is 10.4. The third-order valence-electron chi connectivity index (χ3n) is 5.23. The molecule has 0 spiro atoms. The van der Waals surface area contributed by atoms with Gasteiger partial charge in [-0.15, -0.1) is 0 Å². The number of hydrogen-bond acceptors (Lipinski definition) is 4. The Labute approximate surface area is 166 Å². The van der Waals surface area contributed by atoms with Crippen LogP contribution < -0.4 is 10.6 Å². The first-order valence-corrected chi connectivity index (χ1v) is 10.4. The van der Waals surface area contributed by atoms with Gasteiger partial charge in [0.25, 0.3) is 0 Å². The van der Waals surface area contributed by atoms with Crippen LogP contribution in [0.4, 0.5) is 0 Å². The van der Waals surface area contributed by atoms with Gasteiger partial charge in [0.05, 0.1) is 12.8 Å². The van der Waals surface area contributed by atoms with Crippen molar-refractivity contribution in [1.82, 2.24) is 10.6 Å². The Hall–Kier alpha value is -2.12. The van der Waals surface area contributed by atoms with Crippen molar-refractivity contribution in [3.63, 3.8) is 0 Å². The summed E-state index contributed by atoms with van der Waals surface area (Å²) in [6, 6.07) is 0. The van der Waals surface area contributed by atoms with Crippen LogP contribution in [0.15, 0.2) is 0 Å². The Morgan fingerprint density at radius 3 is 1.21 bits per heavy atom. The van der Waals surface area contributed by atoms with Gasteiger partial charge in [-0.25, -0.2) is 0 Å². The third-order valence-corrected chi connectivity index (χ3v) is 5.23. The molecular formula is C20H34N2O6. The third kappa shape index (κ3) is 10.9. The van der Waals surface area contributed by atoms with E-state index in [2.05, 4.69) is 10.6 Å². The van der Waals surface area contributed by atoms with Crippen molar-refractivity contribution in [2.24, 2.45) is 11.8 Å². The molecule has 0 unspecified atom stereocenters. The molecule has 0 aromatic rings. The highest BCUT2D eigenvalue weighted by Crippen LogP contribution is 2.24. The van der Waals surface area contributed by atoms with Gasteiger partial charge < -0.3 is 20.8 Å². The minimum atomic E-state index is -0.867. The molecule has 0 aromatic heterocycles. The number of hydrogen-bond donors (Lipinski definition) is 4. The molecule has 28 heavy (non-hydrogen) atoms. The monoisotopic (exact) mass is 398 g/mol. The Morgan fingerprint density at radius 2 is 0.929 bits per heavy atom. The zero-order valence-corrected chi connectivity index (χ0v) is 16.6. The molecule has 2 rings (SSSR count). The molecule has 0 radical (unpaired) electrons. The van der Waals surface area contributed by atoms with Crippen LogP contribution in [0.3, 0.4) is 0 Å². The molecule has 0 heterocycles. The Balaban J connectivity index is 0.000000280. The van der Waals surface area contributed by atoms with Gasteiger partial charge in [0.15, 0.2) is 0 Å². The highest BCUT2D eigenvalue weighted by molar-refractivity contribution is 5.79. The molecule has 8 nitrogen and oxygen atoms in total. The van der Waals surface area contributed by atoms with E-state index in [9.17, 15) is 19.2 Å². The topological polar surface area (TPSA) is 133 Å². The lowest BCUT2D eigenvalue weighted by Crippen LogP contribution is -2.33. The van der Waals surface area contributed by atoms with Crippen LogP contribution in [0, 0.1) is 11.8 Å². The second-order valence-corrected chi connectivity index (χ2v) is 7.54. The Bertz CT molecular complexity index is 465. The van der Waals surface area contributed by atoms with Crippen molar-refractivity contribution >= 4 is 23.8 Å². The number of carboxylic acids is 2. The van der Waals surface area contributed by atoms with E-state index in [4.69, 9.17) is 10.2 Å². The lowest BCUT2D eigenvalue weighted by atomic mass is 9.89. The van der Waals surface area contributed by atoms with E-state index in [0.717, 1.165) is 51.4 Å². The lowest BCUT2D eigenvalue weighted by molar-refractivity contribution is -0.138. The van der Waals surface area contributed by atoms with Crippen LogP contribution in [-0.4, -0.2) is 47.1 Å². The normalized spacial score (nSPS) is 17.7. The van der Waals surface area contributed by atoms with Crippen molar-refractivity contribution < 1.29 is 29.4 Å². The van der Waals surface area contributed by atoms with Gasteiger partial charge in [-0.05, 0) is 25.7 Å². The summed E-state index contributed by atoms with van der Waals surface area (Å²) >= 11 is 0. The van der Waals surface area contributed by atoms with Crippen molar-refractivity contribution in [1.29, 1.82) is 0 Å². The van der Waals surface area contributed by atoms with Gasteiger partial charge in [0, 0.05) is 24.9 Å². The van der Waals surface area contributed by atoms with E-state index in [1.807, 2.05) is 0 Å². The summed E-state index contributed by atoms with van der Waals surface area (Å²) in [6.07, 6.45) is 10.8. The van der Waals surface area contributed by atoms with Crippen LogP contribution in [0.25, 0.3) is 0 Å². The Kier molecular flexibility index (Phi) is 11.9. The van der Waals surface area contributed by atoms with Crippen molar-refractivity contribution in [2.45, 2.75) is 77.0 Å². The lowest BCUT2D eigenvalue weighted by Gasteiger charge is -2.20. The van der Waals surface area contributed by atoms with Gasteiger partial charge >= 0.3 is 11.9 Å². The second-order valence-electron chi connectivity index (χ2n) is 7.54. The first kappa shape index (κ1) is 23.9. The minimum Gasteiger partial charge on any atom is -0.481 e. The van der Waals surface area contributed by atoms with Crippen molar-refractivity contribution in [3.05, 3.63) is 0 Å². The number of aliphatic carboxylic acids is 2. The minimum absolute atomic E-state index is 0.0124. The van der Waals surface area contributed by atoms with Crippen LogP contribution in [0.1, 0.15) is 77.0 Å². The predicted octanol–water partition coefficient (Wildman–Crippen LogP) is 2.32. The largest absolute Gasteiger partial charge is 0.481 e. The molecule has 0 aromatic carbocycles. The number of nitrogens with one attached hydrogen (secondary N) is 2. The summed E-state index contributed by atoms with van der Waals surface area (Å²) in [6.45, 7) is 0.509. The van der Waals surface area contributed by atoms with Gasteiger partial charge in [-0.2, -0.15) is 0 Å². The highest BCUT2D eigenvalue weighted by atomic mass is 16.4. The smallest absolute Gasteiger partial charge is 0.305 e. The van der Waals surface area contributed by atoms with E-state index in [1.54, 1.807) is 0 Å². The molecule has 2 fully saturated rings. The summed E-state index contributed by atoms with van der Waals surface area (Å²) in [7, 11) is 0. The summed E-state index contributed by atoms with van der Waals surface area (Å²) in [5.41, 5.74) is 0. The summed E-state index contributed by atoms with van der Waals surface area (Å²) in [5.74, 6) is -1.42. The predicted molar refractivity (Wildman–Crippen MR) is 104 cm³/mol. The second kappa shape index (κ2) is 14.0. The number of carboxylic acid groups (broad SMARTS) is 2. The number of carbonyl (C=O) groups is 4. The molecule has 0 saturated heterocycles. The molecule has 4 N–H and O–H groups in total. The van der Waals surface area contributed by atoms with Crippen LogP contribution in [0.2, 0.25) is 0 Å². The number of rotatable bonds is 8. The zero-order valence-electron chi connectivity index (χ0n) is 16.6. The molecule has 0 atom stereocenters. The number of carbonyl (C=O) groups excluding carboxylic acids is 2. The van der Waals surface area contributed by atoms with E-state index >= 15 is 0 Å². The zero-order chi connectivity index (χ0) is 20.8. The SMILES string of the molecule is O=C(O)CCNC(=O)C1CCCCC1.O=C(O)CCNC(=O)C1CCCCC1. The maximum atomic E-state index is 11.5. The fraction of sp³-hybridized carbons (Fsp3) is 0.800. The standard InChI is InChI=1S/2C10H17NO3/c2*12-9(13)6-7-11-10(14)8-4-2-1-3-5-8/h2*8H,1-7H2,(H,11,14)(H,12,13). The molecule has 2 aliphatic carbocycles. The molecule has 2 saturated carbocycles. The van der Waals surface area contributed by atoms with Crippen molar-refractivity contribution in [2.75, 3.05) is 13.1 Å². The first-order chi connectivity index (χ1) is 13.4. The van der Waals surface area contributed by atoms with Gasteiger partial charge in [0.1, 0.15) is 0 Å². The maximum absolute atomic E-state index is 11.5. The molecule has 2 amide bonds. The average molecular weight is 399 g/mol. The van der Waals surface area contributed by atoms with Crippen molar-refractivity contribution in [3.8, 4) is 0 Å². The van der Waals surface area contributed by atoms with E-state index in [1.165, 1.54) is 12.8 Å². The average Bonchev–Trinajstić information content (AvgIpc) is 2.69. The molecule has 0 aliphatic heterocycles. The summed E-state index contributed by atoms with van der Waals surface area (Å²) < 4.78 is 0. The summed E-state index contributed by atoms with van der Waals surface area (Å²) in [4.78, 5) is 43.4. The van der Waals surface area contributed by atoms with Crippen LogP contribution >= 0.6 is 0 Å². The van der Waals surface area contributed by atoms with Gasteiger partial charge in [-0.3, -0.25) is 19.2 Å². The van der Waals surface area contributed by atoms with Crippen LogP contribution in [-0.2, 0) is 19.2 Å². The molecule has 160 valence electrons. The van der Waals surface area contributed by atoms with Gasteiger partial charge in [0.2, 0.25) is 11.8 Å². The summed E-state index contributed by atoms with van der Waals surface area (Å²) in [5, 5.41) is 22.1. The fourth-order valence-corrected chi connectivity index (χ4v) is 3.60. The molecule has 2 aliphatic rings. The van der Waals surface area contributed by atoms with Crippen LogP contribution in [0.5, 0.6) is 0 Å². The Morgan fingerprint density at radius 1 is 0.607 bits per heavy atom. The quantitative estimate of drug-likeness (QED) is 0.496. The van der Waals surface area contributed by atoms with E-state index < -0.39 is 11.9 Å².